The van der Waals surface area contributed by atoms with Crippen molar-refractivity contribution in [3.8, 4) is 0 Å². The molecule has 148 valence electrons. The van der Waals surface area contributed by atoms with Crippen LogP contribution in [0.5, 0.6) is 0 Å². The summed E-state index contributed by atoms with van der Waals surface area (Å²) in [5.41, 5.74) is 4.15. The van der Waals surface area contributed by atoms with Gasteiger partial charge in [0.1, 0.15) is 5.82 Å². The van der Waals surface area contributed by atoms with Gasteiger partial charge in [-0.3, -0.25) is 14.5 Å². The number of carbonyl (C=O) groups is 1. The van der Waals surface area contributed by atoms with Crippen LogP contribution in [-0.2, 0) is 19.4 Å². The van der Waals surface area contributed by atoms with Crippen LogP contribution in [0.1, 0.15) is 33.7 Å². The van der Waals surface area contributed by atoms with Gasteiger partial charge in [-0.05, 0) is 54.7 Å². The van der Waals surface area contributed by atoms with Crippen molar-refractivity contribution >= 4 is 16.8 Å². The topological polar surface area (TPSA) is 69.3 Å². The first-order valence-corrected chi connectivity index (χ1v) is 10.3. The zero-order chi connectivity index (χ0) is 19.8. The van der Waals surface area contributed by atoms with Crippen LogP contribution in [0.25, 0.3) is 10.9 Å². The number of aromatic nitrogens is 2. The fraction of sp³-hybridized carbons (Fsp3) is 0.348. The highest BCUT2D eigenvalue weighted by molar-refractivity contribution is 5.94. The molecule has 1 aliphatic carbocycles. The molecule has 3 aromatic rings. The lowest BCUT2D eigenvalue weighted by Crippen LogP contribution is -2.48. The minimum absolute atomic E-state index is 0.101. The molecule has 29 heavy (non-hydrogen) atoms. The summed E-state index contributed by atoms with van der Waals surface area (Å²) in [5, 5.41) is 0.612. The van der Waals surface area contributed by atoms with Crippen molar-refractivity contribution in [3.63, 3.8) is 0 Å². The number of carbonyl (C=O) groups excluding carboxylic acids is 1. The van der Waals surface area contributed by atoms with Gasteiger partial charge >= 0.3 is 0 Å². The molecular weight excluding hydrogens is 364 g/mol. The van der Waals surface area contributed by atoms with Crippen LogP contribution >= 0.6 is 0 Å². The second-order valence-electron chi connectivity index (χ2n) is 7.94. The monoisotopic (exact) mass is 388 g/mol. The van der Waals surface area contributed by atoms with Crippen LogP contribution in [0.2, 0.25) is 0 Å². The lowest BCUT2D eigenvalue weighted by atomic mass is 10.1. The fourth-order valence-electron chi connectivity index (χ4n) is 4.42. The Kier molecular flexibility index (Phi) is 4.64. The molecule has 0 bridgehead atoms. The smallest absolute Gasteiger partial charge is 0.258 e. The Balaban J connectivity index is 1.24. The van der Waals surface area contributed by atoms with Crippen molar-refractivity contribution in [1.82, 2.24) is 19.8 Å². The predicted octanol–water partition coefficient (Wildman–Crippen LogP) is 2.37. The molecule has 6 heteroatoms. The summed E-state index contributed by atoms with van der Waals surface area (Å²) < 4.78 is 0. The van der Waals surface area contributed by atoms with Crippen LogP contribution in [-0.4, -0.2) is 51.9 Å². The van der Waals surface area contributed by atoms with Crippen LogP contribution in [0.4, 0.5) is 0 Å². The third-order valence-corrected chi connectivity index (χ3v) is 6.04. The van der Waals surface area contributed by atoms with Crippen molar-refractivity contribution in [1.29, 1.82) is 0 Å². The van der Waals surface area contributed by atoms with Crippen molar-refractivity contribution in [2.24, 2.45) is 0 Å². The highest BCUT2D eigenvalue weighted by atomic mass is 16.2. The van der Waals surface area contributed by atoms with Crippen molar-refractivity contribution in [2.45, 2.75) is 25.8 Å². The van der Waals surface area contributed by atoms with Crippen molar-refractivity contribution in [2.75, 3.05) is 26.2 Å². The van der Waals surface area contributed by atoms with E-state index in [-0.39, 0.29) is 11.5 Å². The minimum atomic E-state index is -0.101. The zero-order valence-electron chi connectivity index (χ0n) is 16.4. The highest BCUT2D eigenvalue weighted by Crippen LogP contribution is 2.23. The van der Waals surface area contributed by atoms with Crippen molar-refractivity contribution < 1.29 is 4.79 Å². The number of piperazine rings is 1. The Bertz CT molecular complexity index is 1130. The summed E-state index contributed by atoms with van der Waals surface area (Å²) in [5.74, 6) is 0.795. The largest absolute Gasteiger partial charge is 0.336 e. The maximum atomic E-state index is 12.9. The summed E-state index contributed by atoms with van der Waals surface area (Å²) in [7, 11) is 0. The van der Waals surface area contributed by atoms with E-state index in [4.69, 9.17) is 0 Å². The molecule has 1 aromatic heterocycles. The summed E-state index contributed by atoms with van der Waals surface area (Å²) in [6.07, 6.45) is 3.41. The molecule has 2 aromatic carbocycles. The Labute approximate surface area is 169 Å². The third-order valence-electron chi connectivity index (χ3n) is 6.04. The molecule has 0 saturated carbocycles. The van der Waals surface area contributed by atoms with Crippen molar-refractivity contribution in [3.05, 3.63) is 75.3 Å². The summed E-state index contributed by atoms with van der Waals surface area (Å²) in [6.45, 7) is 3.50. The van der Waals surface area contributed by atoms with Gasteiger partial charge in [0.05, 0.1) is 17.4 Å². The number of nitrogens with zero attached hydrogens (tertiary/aromatic N) is 3. The van der Waals surface area contributed by atoms with Gasteiger partial charge in [0.15, 0.2) is 0 Å². The number of hydrogen-bond donors (Lipinski definition) is 1. The van der Waals surface area contributed by atoms with E-state index in [0.29, 0.717) is 30.8 Å². The number of hydrogen-bond acceptors (Lipinski definition) is 4. The highest BCUT2D eigenvalue weighted by Gasteiger charge is 2.24. The molecule has 1 saturated heterocycles. The molecule has 5 rings (SSSR count). The number of fused-ring (bicyclic) bond motifs is 2. The van der Waals surface area contributed by atoms with E-state index in [0.717, 1.165) is 37.0 Å². The SMILES string of the molecule is O=C(c1ccc2c(c1)CCC2)N1CCN(Cc2nc3ccccc3c(=O)[nH]2)CC1. The Morgan fingerprint density at radius 1 is 1.00 bits per heavy atom. The molecule has 0 unspecified atom stereocenters. The minimum Gasteiger partial charge on any atom is -0.336 e. The number of H-pyrrole nitrogens is 1. The maximum Gasteiger partial charge on any atom is 0.258 e. The molecule has 0 radical (unpaired) electrons. The third kappa shape index (κ3) is 3.56. The number of amides is 1. The first-order valence-electron chi connectivity index (χ1n) is 10.3. The van der Waals surface area contributed by atoms with Gasteiger partial charge in [-0.2, -0.15) is 0 Å². The maximum absolute atomic E-state index is 12.9. The molecule has 6 nitrogen and oxygen atoms in total. The first-order chi connectivity index (χ1) is 14.2. The second kappa shape index (κ2) is 7.44. The predicted molar refractivity (Wildman–Crippen MR) is 112 cm³/mol. The first kappa shape index (κ1) is 18.1. The number of aryl methyl sites for hydroxylation is 2. The Hall–Kier alpha value is -2.99. The van der Waals surface area contributed by atoms with Crippen LogP contribution in [0.3, 0.4) is 0 Å². The second-order valence-corrected chi connectivity index (χ2v) is 7.94. The zero-order valence-corrected chi connectivity index (χ0v) is 16.4. The van der Waals surface area contributed by atoms with Crippen LogP contribution < -0.4 is 5.56 Å². The molecule has 2 heterocycles. The number of rotatable bonds is 3. The molecule has 0 atom stereocenters. The summed E-state index contributed by atoms with van der Waals surface area (Å²) in [4.78, 5) is 36.8. The molecule has 1 amide bonds. The van der Waals surface area contributed by atoms with Gasteiger partial charge in [0, 0.05) is 31.7 Å². The van der Waals surface area contributed by atoms with E-state index in [2.05, 4.69) is 27.0 Å². The number of benzene rings is 2. The molecule has 1 aliphatic heterocycles. The Morgan fingerprint density at radius 3 is 2.66 bits per heavy atom. The lowest BCUT2D eigenvalue weighted by molar-refractivity contribution is 0.0625. The van der Waals surface area contributed by atoms with Gasteiger partial charge in [0.25, 0.3) is 11.5 Å². The average Bonchev–Trinajstić information content (AvgIpc) is 3.22. The van der Waals surface area contributed by atoms with E-state index in [1.54, 1.807) is 6.07 Å². The van der Waals surface area contributed by atoms with Crippen LogP contribution in [0, 0.1) is 0 Å². The average molecular weight is 388 g/mol. The fourth-order valence-corrected chi connectivity index (χ4v) is 4.42. The number of nitrogens with one attached hydrogen (secondary N) is 1. The van der Waals surface area contributed by atoms with Gasteiger partial charge in [0.2, 0.25) is 0 Å². The molecule has 1 N–H and O–H groups in total. The van der Waals surface area contributed by atoms with E-state index in [1.165, 1.54) is 17.5 Å². The summed E-state index contributed by atoms with van der Waals surface area (Å²) in [6, 6.07) is 13.6. The van der Waals surface area contributed by atoms with E-state index in [9.17, 15) is 9.59 Å². The van der Waals surface area contributed by atoms with E-state index >= 15 is 0 Å². The molecule has 2 aliphatic rings. The Morgan fingerprint density at radius 2 is 1.79 bits per heavy atom. The number of para-hydroxylation sites is 1. The standard InChI is InChI=1S/C23H24N4O2/c28-22-19-6-1-2-7-20(19)24-21(25-22)15-26-10-12-27(13-11-26)23(29)18-9-8-16-4-3-5-17(16)14-18/h1-2,6-9,14H,3-5,10-13,15H2,(H,24,25,28). The van der Waals surface area contributed by atoms with Crippen LogP contribution in [0.15, 0.2) is 47.3 Å². The van der Waals surface area contributed by atoms with Gasteiger partial charge in [-0.25, -0.2) is 4.98 Å². The lowest BCUT2D eigenvalue weighted by Gasteiger charge is -2.34. The normalized spacial score (nSPS) is 16.9. The van der Waals surface area contributed by atoms with Gasteiger partial charge < -0.3 is 9.88 Å². The van der Waals surface area contributed by atoms with E-state index in [1.807, 2.05) is 29.2 Å². The molecule has 1 fully saturated rings. The van der Waals surface area contributed by atoms with Gasteiger partial charge in [-0.15, -0.1) is 0 Å². The number of aromatic amines is 1. The summed E-state index contributed by atoms with van der Waals surface area (Å²) >= 11 is 0. The quantitative estimate of drug-likeness (QED) is 0.748. The van der Waals surface area contributed by atoms with Gasteiger partial charge in [-0.1, -0.05) is 18.2 Å². The van der Waals surface area contributed by atoms with E-state index < -0.39 is 0 Å². The molecular formula is C23H24N4O2. The molecule has 0 spiro atoms.